The number of fused-ring (bicyclic) bond motifs is 1. The van der Waals surface area contributed by atoms with Gasteiger partial charge in [-0.15, -0.1) is 0 Å². The molecule has 1 aliphatic heterocycles. The Labute approximate surface area is 192 Å². The Morgan fingerprint density at radius 3 is 2.27 bits per heavy atom. The lowest BCUT2D eigenvalue weighted by Crippen LogP contribution is -2.56. The second kappa shape index (κ2) is 10.1. The normalized spacial score (nSPS) is 16.8. The maximum absolute atomic E-state index is 14.1. The predicted octanol–water partition coefficient (Wildman–Crippen LogP) is 4.05. The fourth-order valence-electron chi connectivity index (χ4n) is 3.84. The summed E-state index contributed by atoms with van der Waals surface area (Å²) in [6, 6.07) is 8.48. The van der Waals surface area contributed by atoms with E-state index in [-0.39, 0.29) is 24.2 Å². The van der Waals surface area contributed by atoms with E-state index in [9.17, 15) is 23.2 Å². The lowest BCUT2D eigenvalue weighted by atomic mass is 10.00. The highest BCUT2D eigenvalue weighted by atomic mass is 19.1. The monoisotopic (exact) mass is 457 g/mol. The minimum absolute atomic E-state index is 0.188. The van der Waals surface area contributed by atoms with Crippen LogP contribution in [0.5, 0.6) is 0 Å². The Balaban J connectivity index is 1.94. The number of amides is 3. The smallest absolute Gasteiger partial charge is 0.250 e. The molecule has 3 atom stereocenters. The Bertz CT molecular complexity index is 1040. The zero-order chi connectivity index (χ0) is 24.3. The Kier molecular flexibility index (Phi) is 7.46. The molecule has 8 heteroatoms. The molecule has 0 spiro atoms. The van der Waals surface area contributed by atoms with Gasteiger partial charge in [0.25, 0.3) is 5.91 Å². The van der Waals surface area contributed by atoms with Gasteiger partial charge in [0.05, 0.1) is 0 Å². The van der Waals surface area contributed by atoms with Gasteiger partial charge in [0.15, 0.2) is 0 Å². The summed E-state index contributed by atoms with van der Waals surface area (Å²) < 4.78 is 28.2. The predicted molar refractivity (Wildman–Crippen MR) is 123 cm³/mol. The maximum Gasteiger partial charge on any atom is 0.250 e. The van der Waals surface area contributed by atoms with Gasteiger partial charge in [-0.1, -0.05) is 52.0 Å². The van der Waals surface area contributed by atoms with Gasteiger partial charge >= 0.3 is 0 Å². The molecule has 0 radical (unpaired) electrons. The molecule has 2 N–H and O–H groups in total. The van der Waals surface area contributed by atoms with Crippen LogP contribution < -0.4 is 15.5 Å². The fourth-order valence-corrected chi connectivity index (χ4v) is 3.84. The number of hydrogen-bond donors (Lipinski definition) is 2. The van der Waals surface area contributed by atoms with Crippen molar-refractivity contribution < 1.29 is 23.2 Å². The molecule has 0 saturated heterocycles. The third-order valence-corrected chi connectivity index (χ3v) is 6.02. The number of nitrogens with zero attached hydrogens (tertiary/aromatic N) is 1. The quantitative estimate of drug-likeness (QED) is 0.659. The van der Waals surface area contributed by atoms with Crippen LogP contribution in [0.2, 0.25) is 0 Å². The van der Waals surface area contributed by atoms with Crippen molar-refractivity contribution in [1.29, 1.82) is 0 Å². The number of nitrogens with one attached hydrogen (secondary N) is 2. The molecule has 6 nitrogen and oxygen atoms in total. The van der Waals surface area contributed by atoms with Gasteiger partial charge in [-0.3, -0.25) is 19.3 Å². The summed E-state index contributed by atoms with van der Waals surface area (Å²) in [5.74, 6) is -3.72. The number of hydrogen-bond acceptors (Lipinski definition) is 3. The largest absolute Gasteiger partial charge is 0.344 e. The summed E-state index contributed by atoms with van der Waals surface area (Å²) in [7, 11) is 0. The lowest BCUT2D eigenvalue weighted by molar-refractivity contribution is -0.131. The van der Waals surface area contributed by atoms with Gasteiger partial charge < -0.3 is 10.6 Å². The fraction of sp³-hybridized carbons (Fsp3) is 0.400. The Morgan fingerprint density at radius 1 is 1.03 bits per heavy atom. The van der Waals surface area contributed by atoms with E-state index in [0.29, 0.717) is 12.1 Å². The molecular weight excluding hydrogens is 428 g/mol. The number of para-hydroxylation sites is 2. The highest BCUT2D eigenvalue weighted by Gasteiger charge is 2.42. The first-order chi connectivity index (χ1) is 15.6. The first kappa shape index (κ1) is 24.4. The number of anilines is 2. The summed E-state index contributed by atoms with van der Waals surface area (Å²) in [6.45, 7) is 7.29. The average Bonchev–Trinajstić information content (AvgIpc) is 3.18. The molecule has 0 bridgehead atoms. The number of benzene rings is 2. The van der Waals surface area contributed by atoms with Gasteiger partial charge in [0, 0.05) is 18.0 Å². The highest BCUT2D eigenvalue weighted by Crippen LogP contribution is 2.34. The van der Waals surface area contributed by atoms with E-state index in [2.05, 4.69) is 10.6 Å². The van der Waals surface area contributed by atoms with Crippen LogP contribution in [-0.4, -0.2) is 29.8 Å². The first-order valence-corrected chi connectivity index (χ1v) is 11.1. The number of rotatable bonds is 7. The molecule has 0 fully saturated rings. The molecule has 33 heavy (non-hydrogen) atoms. The van der Waals surface area contributed by atoms with E-state index in [1.807, 2.05) is 20.8 Å². The van der Waals surface area contributed by atoms with Crippen LogP contribution in [0.1, 0.15) is 39.7 Å². The summed E-state index contributed by atoms with van der Waals surface area (Å²) >= 11 is 0. The molecule has 0 unspecified atom stereocenters. The van der Waals surface area contributed by atoms with E-state index >= 15 is 0 Å². The van der Waals surface area contributed by atoms with Crippen molar-refractivity contribution in [3.8, 4) is 0 Å². The summed E-state index contributed by atoms with van der Waals surface area (Å²) in [5.41, 5.74) is 0.743. The van der Waals surface area contributed by atoms with Crippen molar-refractivity contribution >= 4 is 29.1 Å². The summed E-state index contributed by atoms with van der Waals surface area (Å²) in [6.07, 6.45) is 0.810. The molecule has 2 aromatic rings. The van der Waals surface area contributed by atoms with Crippen molar-refractivity contribution in [1.82, 2.24) is 5.32 Å². The minimum atomic E-state index is -1.02. The van der Waals surface area contributed by atoms with E-state index < -0.39 is 41.2 Å². The van der Waals surface area contributed by atoms with Crippen LogP contribution in [0.4, 0.5) is 20.2 Å². The highest BCUT2D eigenvalue weighted by molar-refractivity contribution is 6.09. The van der Waals surface area contributed by atoms with Gasteiger partial charge in [-0.05, 0) is 36.1 Å². The van der Waals surface area contributed by atoms with Crippen LogP contribution >= 0.6 is 0 Å². The van der Waals surface area contributed by atoms with Crippen molar-refractivity contribution in [2.24, 2.45) is 11.8 Å². The molecular formula is C25H29F2N3O3. The van der Waals surface area contributed by atoms with Gasteiger partial charge in [0.1, 0.15) is 29.4 Å². The van der Waals surface area contributed by atoms with Crippen molar-refractivity contribution in [2.75, 3.05) is 10.2 Å². The van der Waals surface area contributed by atoms with Crippen molar-refractivity contribution in [2.45, 2.75) is 52.6 Å². The standard InChI is InChI=1S/C25H29F2N3O3/c1-5-15(4)23(31)28-21(14(2)3)25(33)30-19-12-7-6-9-16(19)13-20(30)24(32)29-22-17(26)10-8-11-18(22)27/h6-12,14-15,20-21H,5,13H2,1-4H3,(H,28,31)(H,29,32)/t15-,20+,21+/m1/s1. The summed E-state index contributed by atoms with van der Waals surface area (Å²) in [4.78, 5) is 40.7. The second-order valence-electron chi connectivity index (χ2n) is 8.68. The lowest BCUT2D eigenvalue weighted by Gasteiger charge is -2.31. The molecule has 3 rings (SSSR count). The van der Waals surface area contributed by atoms with Gasteiger partial charge in [0.2, 0.25) is 11.8 Å². The topological polar surface area (TPSA) is 78.5 Å². The van der Waals surface area contributed by atoms with E-state index in [0.717, 1.165) is 17.7 Å². The molecule has 1 heterocycles. The zero-order valence-electron chi connectivity index (χ0n) is 19.2. The second-order valence-corrected chi connectivity index (χ2v) is 8.68. The molecule has 0 aliphatic carbocycles. The maximum atomic E-state index is 14.1. The molecule has 2 aromatic carbocycles. The number of carbonyl (C=O) groups excluding carboxylic acids is 3. The third-order valence-electron chi connectivity index (χ3n) is 6.02. The van der Waals surface area contributed by atoms with E-state index in [1.54, 1.807) is 31.2 Å². The SMILES string of the molecule is CC[C@@H](C)C(=O)N[C@H](C(=O)N1c2ccccc2C[C@H]1C(=O)Nc1c(F)cccc1F)C(C)C. The van der Waals surface area contributed by atoms with Crippen LogP contribution in [0.3, 0.4) is 0 Å². The number of carbonyl (C=O) groups is 3. The molecule has 1 aliphatic rings. The average molecular weight is 458 g/mol. The van der Waals surface area contributed by atoms with Crippen LogP contribution in [-0.2, 0) is 20.8 Å². The Morgan fingerprint density at radius 2 is 1.67 bits per heavy atom. The van der Waals surface area contributed by atoms with Crippen LogP contribution in [0.25, 0.3) is 0 Å². The van der Waals surface area contributed by atoms with Gasteiger partial charge in [-0.25, -0.2) is 8.78 Å². The van der Waals surface area contributed by atoms with Crippen LogP contribution in [0.15, 0.2) is 42.5 Å². The third kappa shape index (κ3) is 5.05. The van der Waals surface area contributed by atoms with E-state index in [1.165, 1.54) is 11.0 Å². The molecule has 176 valence electrons. The van der Waals surface area contributed by atoms with Gasteiger partial charge in [-0.2, -0.15) is 0 Å². The zero-order valence-corrected chi connectivity index (χ0v) is 19.2. The first-order valence-electron chi connectivity index (χ1n) is 11.1. The minimum Gasteiger partial charge on any atom is -0.344 e. The Hall–Kier alpha value is -3.29. The van der Waals surface area contributed by atoms with Crippen LogP contribution in [0, 0.1) is 23.5 Å². The number of halogens is 2. The molecule has 0 saturated carbocycles. The van der Waals surface area contributed by atoms with E-state index in [4.69, 9.17) is 0 Å². The summed E-state index contributed by atoms with van der Waals surface area (Å²) in [5, 5.41) is 5.13. The van der Waals surface area contributed by atoms with Crippen molar-refractivity contribution in [3.63, 3.8) is 0 Å². The molecule has 3 amide bonds. The van der Waals surface area contributed by atoms with Crippen molar-refractivity contribution in [3.05, 3.63) is 59.7 Å². The molecule has 0 aromatic heterocycles.